The van der Waals surface area contributed by atoms with Crippen LogP contribution in [0.4, 0.5) is 0 Å². The van der Waals surface area contributed by atoms with Crippen molar-refractivity contribution in [2.45, 2.75) is 13.5 Å². The highest BCUT2D eigenvalue weighted by Crippen LogP contribution is 2.03. The molecule has 0 atom stereocenters. The van der Waals surface area contributed by atoms with Gasteiger partial charge in [-0.2, -0.15) is 0 Å². The van der Waals surface area contributed by atoms with Crippen LogP contribution in [0.15, 0.2) is 24.3 Å². The zero-order valence-electron chi connectivity index (χ0n) is 7.80. The number of benzene rings is 1. The van der Waals surface area contributed by atoms with E-state index in [-0.39, 0.29) is 5.84 Å². The van der Waals surface area contributed by atoms with Crippen molar-refractivity contribution in [1.29, 1.82) is 5.41 Å². The molecule has 0 saturated heterocycles. The number of nitrogen functional groups attached to an aromatic ring is 1. The summed E-state index contributed by atoms with van der Waals surface area (Å²) >= 11 is 0. The van der Waals surface area contributed by atoms with Gasteiger partial charge < -0.3 is 11.1 Å². The van der Waals surface area contributed by atoms with Crippen molar-refractivity contribution in [3.63, 3.8) is 0 Å². The third-order valence-corrected chi connectivity index (χ3v) is 1.84. The molecule has 1 aromatic carbocycles. The number of hydrogen-bond acceptors (Lipinski definition) is 2. The van der Waals surface area contributed by atoms with E-state index in [0.717, 1.165) is 18.7 Å². The average Bonchev–Trinajstić information content (AvgIpc) is 2.15. The highest BCUT2D eigenvalue weighted by Gasteiger charge is 1.95. The van der Waals surface area contributed by atoms with Crippen LogP contribution in [0.3, 0.4) is 0 Å². The molecule has 4 N–H and O–H groups in total. The molecule has 0 unspecified atom stereocenters. The van der Waals surface area contributed by atoms with Gasteiger partial charge in [0.05, 0.1) is 0 Å². The molecule has 0 aliphatic heterocycles. The summed E-state index contributed by atoms with van der Waals surface area (Å²) in [5.74, 6) is 0.120. The van der Waals surface area contributed by atoms with Crippen molar-refractivity contribution >= 4 is 5.84 Å². The first-order valence-electron chi connectivity index (χ1n) is 4.38. The quantitative estimate of drug-likeness (QED) is 0.476. The lowest BCUT2D eigenvalue weighted by Crippen LogP contribution is -2.13. The van der Waals surface area contributed by atoms with Crippen molar-refractivity contribution in [2.75, 3.05) is 6.54 Å². The second-order valence-electron chi connectivity index (χ2n) is 2.89. The first-order valence-corrected chi connectivity index (χ1v) is 4.38. The molecule has 0 amide bonds. The van der Waals surface area contributed by atoms with Crippen LogP contribution in [0.25, 0.3) is 0 Å². The van der Waals surface area contributed by atoms with Gasteiger partial charge in [0.25, 0.3) is 0 Å². The van der Waals surface area contributed by atoms with E-state index in [1.54, 1.807) is 0 Å². The van der Waals surface area contributed by atoms with Crippen LogP contribution in [0.2, 0.25) is 0 Å². The molecule has 13 heavy (non-hydrogen) atoms. The highest BCUT2D eigenvalue weighted by atomic mass is 14.8. The van der Waals surface area contributed by atoms with E-state index in [2.05, 4.69) is 12.2 Å². The number of rotatable bonds is 4. The molecule has 0 saturated carbocycles. The van der Waals surface area contributed by atoms with Gasteiger partial charge >= 0.3 is 0 Å². The van der Waals surface area contributed by atoms with Crippen molar-refractivity contribution in [3.8, 4) is 0 Å². The molecule has 1 rings (SSSR count). The average molecular weight is 177 g/mol. The summed E-state index contributed by atoms with van der Waals surface area (Å²) in [6.07, 6.45) is 0. The largest absolute Gasteiger partial charge is 0.384 e. The Hall–Kier alpha value is -1.35. The predicted molar refractivity (Wildman–Crippen MR) is 54.8 cm³/mol. The third kappa shape index (κ3) is 2.87. The maximum Gasteiger partial charge on any atom is 0.122 e. The summed E-state index contributed by atoms with van der Waals surface area (Å²) in [4.78, 5) is 0. The summed E-state index contributed by atoms with van der Waals surface area (Å²) in [6, 6.07) is 7.71. The van der Waals surface area contributed by atoms with Crippen molar-refractivity contribution in [2.24, 2.45) is 5.73 Å². The normalized spacial score (nSPS) is 9.92. The molecule has 0 heterocycles. The van der Waals surface area contributed by atoms with Crippen molar-refractivity contribution < 1.29 is 0 Å². The molecule has 1 aromatic rings. The van der Waals surface area contributed by atoms with Crippen LogP contribution >= 0.6 is 0 Å². The Labute approximate surface area is 78.5 Å². The minimum atomic E-state index is 0.120. The molecule has 0 aliphatic carbocycles. The van der Waals surface area contributed by atoms with E-state index in [1.165, 1.54) is 5.56 Å². The Morgan fingerprint density at radius 2 is 2.00 bits per heavy atom. The molecule has 3 heteroatoms. The minimum absolute atomic E-state index is 0.120. The van der Waals surface area contributed by atoms with Crippen LogP contribution in [0, 0.1) is 5.41 Å². The Morgan fingerprint density at radius 1 is 1.38 bits per heavy atom. The van der Waals surface area contributed by atoms with E-state index in [9.17, 15) is 0 Å². The van der Waals surface area contributed by atoms with E-state index in [4.69, 9.17) is 11.1 Å². The molecule has 0 bridgehead atoms. The Balaban J connectivity index is 2.64. The lowest BCUT2D eigenvalue weighted by molar-refractivity contribution is 0.727. The van der Waals surface area contributed by atoms with Gasteiger partial charge in [0.2, 0.25) is 0 Å². The van der Waals surface area contributed by atoms with Gasteiger partial charge in [-0.3, -0.25) is 5.41 Å². The second-order valence-corrected chi connectivity index (χ2v) is 2.89. The van der Waals surface area contributed by atoms with Crippen LogP contribution in [0.5, 0.6) is 0 Å². The minimum Gasteiger partial charge on any atom is -0.384 e. The summed E-state index contributed by atoms with van der Waals surface area (Å²) < 4.78 is 0. The summed E-state index contributed by atoms with van der Waals surface area (Å²) in [5, 5.41) is 10.4. The molecular weight excluding hydrogens is 162 g/mol. The standard InChI is InChI=1S/C10H15N3/c1-2-13-7-8-3-5-9(6-4-8)10(11)12/h3-6,13H,2,7H2,1H3,(H3,11,12). The zero-order chi connectivity index (χ0) is 9.68. The second kappa shape index (κ2) is 4.62. The monoisotopic (exact) mass is 177 g/mol. The van der Waals surface area contributed by atoms with E-state index in [0.29, 0.717) is 0 Å². The maximum atomic E-state index is 7.21. The SMILES string of the molecule is CCNCc1ccc(C(=N)N)cc1. The van der Waals surface area contributed by atoms with Crippen LogP contribution in [-0.4, -0.2) is 12.4 Å². The predicted octanol–water partition coefficient (Wildman–Crippen LogP) is 1.08. The van der Waals surface area contributed by atoms with Crippen molar-refractivity contribution in [1.82, 2.24) is 5.32 Å². The first-order chi connectivity index (χ1) is 6.24. The van der Waals surface area contributed by atoms with Gasteiger partial charge in [-0.15, -0.1) is 0 Å². The maximum absolute atomic E-state index is 7.21. The van der Waals surface area contributed by atoms with Crippen LogP contribution in [-0.2, 0) is 6.54 Å². The van der Waals surface area contributed by atoms with Gasteiger partial charge in [-0.05, 0) is 12.1 Å². The Morgan fingerprint density at radius 3 is 2.46 bits per heavy atom. The van der Waals surface area contributed by atoms with E-state index in [1.807, 2.05) is 24.3 Å². The van der Waals surface area contributed by atoms with Gasteiger partial charge in [-0.1, -0.05) is 31.2 Å². The smallest absolute Gasteiger partial charge is 0.122 e. The molecule has 0 fully saturated rings. The van der Waals surface area contributed by atoms with Crippen LogP contribution < -0.4 is 11.1 Å². The third-order valence-electron chi connectivity index (χ3n) is 1.84. The number of amidine groups is 1. The molecule has 0 aliphatic rings. The fourth-order valence-corrected chi connectivity index (χ4v) is 1.07. The number of nitrogens with two attached hydrogens (primary N) is 1. The molecule has 0 aromatic heterocycles. The number of nitrogens with one attached hydrogen (secondary N) is 2. The van der Waals surface area contributed by atoms with Crippen molar-refractivity contribution in [3.05, 3.63) is 35.4 Å². The molecule has 0 spiro atoms. The Kier molecular flexibility index (Phi) is 3.46. The lowest BCUT2D eigenvalue weighted by Gasteiger charge is -2.03. The Bertz CT molecular complexity index is 277. The summed E-state index contributed by atoms with van der Waals surface area (Å²) in [5.41, 5.74) is 7.32. The fraction of sp³-hybridized carbons (Fsp3) is 0.300. The highest BCUT2D eigenvalue weighted by molar-refractivity contribution is 5.94. The van der Waals surface area contributed by atoms with E-state index >= 15 is 0 Å². The molecule has 0 radical (unpaired) electrons. The van der Waals surface area contributed by atoms with E-state index < -0.39 is 0 Å². The van der Waals surface area contributed by atoms with Gasteiger partial charge in [0, 0.05) is 12.1 Å². The number of hydrogen-bond donors (Lipinski definition) is 3. The summed E-state index contributed by atoms with van der Waals surface area (Å²) in [6.45, 7) is 3.91. The van der Waals surface area contributed by atoms with Gasteiger partial charge in [0.15, 0.2) is 0 Å². The summed E-state index contributed by atoms with van der Waals surface area (Å²) in [7, 11) is 0. The first kappa shape index (κ1) is 9.74. The van der Waals surface area contributed by atoms with Crippen LogP contribution in [0.1, 0.15) is 18.1 Å². The van der Waals surface area contributed by atoms with Gasteiger partial charge in [-0.25, -0.2) is 0 Å². The molecule has 3 nitrogen and oxygen atoms in total. The lowest BCUT2D eigenvalue weighted by atomic mass is 10.1. The van der Waals surface area contributed by atoms with Gasteiger partial charge in [0.1, 0.15) is 5.84 Å². The molecular formula is C10H15N3. The topological polar surface area (TPSA) is 61.9 Å². The molecule has 70 valence electrons. The fourth-order valence-electron chi connectivity index (χ4n) is 1.07. The zero-order valence-corrected chi connectivity index (χ0v) is 7.80.